The molecule has 4 heteroatoms. The van der Waals surface area contributed by atoms with Crippen molar-refractivity contribution in [3.05, 3.63) is 0 Å². The van der Waals surface area contributed by atoms with E-state index in [-0.39, 0.29) is 17.9 Å². The number of hydrogen-bond donors (Lipinski definition) is 2. The number of likely N-dealkylation sites (N-methyl/N-ethyl adjacent to an activating group) is 1. The first-order valence-electron chi connectivity index (χ1n) is 5.62. The highest BCUT2D eigenvalue weighted by molar-refractivity contribution is 5.78. The Balaban J connectivity index is 1.80. The average Bonchev–Trinajstić information content (AvgIpc) is 2.79. The van der Waals surface area contributed by atoms with E-state index in [0.717, 1.165) is 19.3 Å². The summed E-state index contributed by atoms with van der Waals surface area (Å²) in [6.45, 7) is 0.743. The molecule has 0 saturated heterocycles. The minimum absolute atomic E-state index is 0.102. The molecule has 2 aliphatic rings. The summed E-state index contributed by atoms with van der Waals surface area (Å²) in [5.41, 5.74) is 0.177. The van der Waals surface area contributed by atoms with Gasteiger partial charge in [0.15, 0.2) is 0 Å². The van der Waals surface area contributed by atoms with Crippen LogP contribution in [-0.4, -0.2) is 49.2 Å². The van der Waals surface area contributed by atoms with E-state index in [1.165, 1.54) is 0 Å². The van der Waals surface area contributed by atoms with Crippen LogP contribution in [0.3, 0.4) is 0 Å². The molecule has 0 heterocycles. The van der Waals surface area contributed by atoms with Crippen molar-refractivity contribution in [1.82, 2.24) is 10.2 Å². The number of amides is 1. The van der Waals surface area contributed by atoms with Crippen molar-refractivity contribution >= 4 is 5.91 Å². The van der Waals surface area contributed by atoms with E-state index in [0.29, 0.717) is 18.5 Å². The zero-order valence-corrected chi connectivity index (χ0v) is 9.49. The maximum atomic E-state index is 11.6. The Bertz CT molecular complexity index is 267. The number of aliphatic hydroxyl groups is 1. The number of rotatable bonds is 4. The SMILES string of the molecule is CN(C)CC(=O)NC1CCC2(CO)CC12. The molecule has 2 N–H and O–H groups in total. The highest BCUT2D eigenvalue weighted by atomic mass is 16.3. The highest BCUT2D eigenvalue weighted by Crippen LogP contribution is 2.62. The molecule has 2 fully saturated rings. The maximum Gasteiger partial charge on any atom is 0.234 e. The summed E-state index contributed by atoms with van der Waals surface area (Å²) in [7, 11) is 3.78. The van der Waals surface area contributed by atoms with E-state index in [1.807, 2.05) is 19.0 Å². The lowest BCUT2D eigenvalue weighted by Crippen LogP contribution is -2.40. The monoisotopic (exact) mass is 212 g/mol. The Labute approximate surface area is 90.6 Å². The smallest absolute Gasteiger partial charge is 0.234 e. The number of aliphatic hydroxyl groups excluding tert-OH is 1. The quantitative estimate of drug-likeness (QED) is 0.680. The minimum Gasteiger partial charge on any atom is -0.396 e. The summed E-state index contributed by atoms with van der Waals surface area (Å²) < 4.78 is 0. The molecule has 0 bridgehead atoms. The predicted octanol–water partition coefficient (Wildman–Crippen LogP) is -0.175. The van der Waals surface area contributed by atoms with E-state index in [1.54, 1.807) is 0 Å². The molecule has 1 amide bonds. The van der Waals surface area contributed by atoms with Gasteiger partial charge in [-0.3, -0.25) is 4.79 Å². The molecule has 86 valence electrons. The summed E-state index contributed by atoms with van der Waals surface area (Å²) in [5.74, 6) is 0.638. The van der Waals surface area contributed by atoms with Crippen LogP contribution in [0.2, 0.25) is 0 Å². The van der Waals surface area contributed by atoms with Crippen molar-refractivity contribution in [2.24, 2.45) is 11.3 Å². The fraction of sp³-hybridized carbons (Fsp3) is 0.909. The van der Waals surface area contributed by atoms with E-state index in [9.17, 15) is 9.90 Å². The first kappa shape index (κ1) is 10.9. The summed E-state index contributed by atoms with van der Waals surface area (Å²) in [5, 5.41) is 12.3. The van der Waals surface area contributed by atoms with Gasteiger partial charge < -0.3 is 15.3 Å². The Kier molecular flexibility index (Phi) is 2.73. The van der Waals surface area contributed by atoms with Gasteiger partial charge in [-0.1, -0.05) is 0 Å². The molecule has 3 atom stereocenters. The summed E-state index contributed by atoms with van der Waals surface area (Å²) in [6, 6.07) is 0.310. The second-order valence-electron chi connectivity index (χ2n) is 5.28. The van der Waals surface area contributed by atoms with Crippen LogP contribution in [0, 0.1) is 11.3 Å². The molecule has 0 aromatic heterocycles. The third-order valence-corrected chi connectivity index (χ3v) is 3.81. The molecule has 15 heavy (non-hydrogen) atoms. The van der Waals surface area contributed by atoms with Crippen molar-refractivity contribution in [1.29, 1.82) is 0 Å². The third kappa shape index (κ3) is 2.01. The van der Waals surface area contributed by atoms with Crippen LogP contribution < -0.4 is 5.32 Å². The van der Waals surface area contributed by atoms with Gasteiger partial charge in [0.25, 0.3) is 0 Å². The molecule has 0 aromatic carbocycles. The normalized spacial score (nSPS) is 37.9. The van der Waals surface area contributed by atoms with Crippen LogP contribution in [0.15, 0.2) is 0 Å². The number of fused-ring (bicyclic) bond motifs is 1. The highest BCUT2D eigenvalue weighted by Gasteiger charge is 2.61. The lowest BCUT2D eigenvalue weighted by molar-refractivity contribution is -0.122. The standard InChI is InChI=1S/C11H20N2O2/c1-13(2)6-10(15)12-9-3-4-11(7-14)5-8(9)11/h8-9,14H,3-7H2,1-2H3,(H,12,15). The van der Waals surface area contributed by atoms with E-state index in [2.05, 4.69) is 5.32 Å². The minimum atomic E-state index is 0.102. The number of carbonyl (C=O) groups excluding carboxylic acids is 1. The molecule has 4 nitrogen and oxygen atoms in total. The predicted molar refractivity (Wildman–Crippen MR) is 57.3 cm³/mol. The zero-order chi connectivity index (χ0) is 11.1. The van der Waals surface area contributed by atoms with Crippen LogP contribution in [0.4, 0.5) is 0 Å². The Morgan fingerprint density at radius 3 is 2.80 bits per heavy atom. The molecular formula is C11H20N2O2. The van der Waals surface area contributed by atoms with Crippen molar-refractivity contribution < 1.29 is 9.90 Å². The van der Waals surface area contributed by atoms with Crippen LogP contribution in [0.25, 0.3) is 0 Å². The van der Waals surface area contributed by atoms with E-state index in [4.69, 9.17) is 0 Å². The van der Waals surface area contributed by atoms with Crippen molar-refractivity contribution in [3.8, 4) is 0 Å². The fourth-order valence-corrected chi connectivity index (χ4v) is 2.85. The fourth-order valence-electron chi connectivity index (χ4n) is 2.85. The Morgan fingerprint density at radius 2 is 2.33 bits per heavy atom. The van der Waals surface area contributed by atoms with Crippen LogP contribution in [0.1, 0.15) is 19.3 Å². The van der Waals surface area contributed by atoms with Gasteiger partial charge in [0.05, 0.1) is 6.54 Å². The van der Waals surface area contributed by atoms with Gasteiger partial charge >= 0.3 is 0 Å². The number of nitrogens with one attached hydrogen (secondary N) is 1. The average molecular weight is 212 g/mol. The Morgan fingerprint density at radius 1 is 1.60 bits per heavy atom. The lowest BCUT2D eigenvalue weighted by atomic mass is 10.1. The molecule has 0 aromatic rings. The molecular weight excluding hydrogens is 192 g/mol. The second kappa shape index (κ2) is 3.76. The molecule has 3 unspecified atom stereocenters. The number of hydrogen-bond acceptors (Lipinski definition) is 3. The van der Waals surface area contributed by atoms with Gasteiger partial charge in [0.1, 0.15) is 0 Å². The lowest BCUT2D eigenvalue weighted by Gasteiger charge is -2.16. The molecule has 0 radical (unpaired) electrons. The van der Waals surface area contributed by atoms with Gasteiger partial charge in [0.2, 0.25) is 5.91 Å². The van der Waals surface area contributed by atoms with Crippen LogP contribution >= 0.6 is 0 Å². The molecule has 2 aliphatic carbocycles. The summed E-state index contributed by atoms with van der Waals surface area (Å²) in [4.78, 5) is 13.4. The first-order valence-corrected chi connectivity index (χ1v) is 5.62. The molecule has 2 saturated carbocycles. The van der Waals surface area contributed by atoms with Gasteiger partial charge in [-0.15, -0.1) is 0 Å². The molecule has 2 rings (SSSR count). The van der Waals surface area contributed by atoms with Crippen molar-refractivity contribution in [2.75, 3.05) is 27.2 Å². The van der Waals surface area contributed by atoms with Gasteiger partial charge in [-0.2, -0.15) is 0 Å². The largest absolute Gasteiger partial charge is 0.396 e. The van der Waals surface area contributed by atoms with Crippen LogP contribution in [-0.2, 0) is 4.79 Å². The van der Waals surface area contributed by atoms with Crippen molar-refractivity contribution in [3.63, 3.8) is 0 Å². The number of nitrogens with zero attached hydrogens (tertiary/aromatic N) is 1. The number of carbonyl (C=O) groups is 1. The van der Waals surface area contributed by atoms with Gasteiger partial charge in [-0.05, 0) is 44.7 Å². The topological polar surface area (TPSA) is 52.6 Å². The Hall–Kier alpha value is -0.610. The van der Waals surface area contributed by atoms with E-state index < -0.39 is 0 Å². The molecule has 0 aliphatic heterocycles. The van der Waals surface area contributed by atoms with Gasteiger partial charge in [-0.25, -0.2) is 0 Å². The first-order chi connectivity index (χ1) is 7.07. The molecule has 0 spiro atoms. The zero-order valence-electron chi connectivity index (χ0n) is 9.49. The third-order valence-electron chi connectivity index (χ3n) is 3.81. The summed E-state index contributed by atoms with van der Waals surface area (Å²) in [6.07, 6.45) is 3.20. The van der Waals surface area contributed by atoms with E-state index >= 15 is 0 Å². The van der Waals surface area contributed by atoms with Gasteiger partial charge in [0, 0.05) is 12.6 Å². The maximum absolute atomic E-state index is 11.6. The van der Waals surface area contributed by atoms with Crippen molar-refractivity contribution in [2.45, 2.75) is 25.3 Å². The second-order valence-corrected chi connectivity index (χ2v) is 5.28. The summed E-state index contributed by atoms with van der Waals surface area (Å²) >= 11 is 0. The van der Waals surface area contributed by atoms with Crippen LogP contribution in [0.5, 0.6) is 0 Å².